The van der Waals surface area contributed by atoms with Crippen molar-refractivity contribution >= 4 is 0 Å². The van der Waals surface area contributed by atoms with Crippen molar-refractivity contribution in [1.29, 1.82) is 0 Å². The van der Waals surface area contributed by atoms with Gasteiger partial charge < -0.3 is 4.52 Å². The summed E-state index contributed by atoms with van der Waals surface area (Å²) in [7, 11) is 0. The summed E-state index contributed by atoms with van der Waals surface area (Å²) >= 11 is 0. The third kappa shape index (κ3) is 1.71. The Bertz CT molecular complexity index is 366. The molecule has 0 fully saturated rings. The maximum absolute atomic E-state index is 5.00. The molecule has 0 aliphatic heterocycles. The molecule has 0 aromatic carbocycles. The molecule has 0 unspecified atom stereocenters. The Morgan fingerprint density at radius 2 is 2.31 bits per heavy atom. The summed E-state index contributed by atoms with van der Waals surface area (Å²) in [4.78, 5) is 1.47. The zero-order valence-corrected chi connectivity index (χ0v) is 7.43. The van der Waals surface area contributed by atoms with Crippen molar-refractivity contribution in [2.75, 3.05) is 0 Å². The van der Waals surface area contributed by atoms with Crippen LogP contribution in [0.25, 0.3) is 0 Å². The highest BCUT2D eigenvalue weighted by Gasteiger charge is 2.03. The molecule has 0 saturated heterocycles. The van der Waals surface area contributed by atoms with Crippen molar-refractivity contribution in [1.82, 2.24) is 25.4 Å². The van der Waals surface area contributed by atoms with Crippen LogP contribution in [-0.2, 0) is 6.54 Å². The standard InChI is InChI=1S/C7H9N5O/c1-5-3-7(13-10-5)4-12-9-6(2)8-11-12/h3H,4H2,1-2H3. The van der Waals surface area contributed by atoms with Crippen LogP contribution in [0.1, 0.15) is 17.3 Å². The molecule has 0 radical (unpaired) electrons. The number of rotatable bonds is 2. The first-order chi connectivity index (χ1) is 6.24. The van der Waals surface area contributed by atoms with Gasteiger partial charge in [0.1, 0.15) is 6.54 Å². The van der Waals surface area contributed by atoms with Gasteiger partial charge in [0, 0.05) is 6.07 Å². The second-order valence-corrected chi connectivity index (χ2v) is 2.80. The predicted molar refractivity (Wildman–Crippen MR) is 42.9 cm³/mol. The smallest absolute Gasteiger partial charge is 0.171 e. The molecule has 2 heterocycles. The summed E-state index contributed by atoms with van der Waals surface area (Å²) in [5.74, 6) is 1.38. The summed E-state index contributed by atoms with van der Waals surface area (Å²) in [6.07, 6.45) is 0. The van der Waals surface area contributed by atoms with Gasteiger partial charge in [-0.3, -0.25) is 0 Å². The van der Waals surface area contributed by atoms with Gasteiger partial charge in [-0.1, -0.05) is 5.16 Å². The van der Waals surface area contributed by atoms with Gasteiger partial charge in [-0.2, -0.15) is 4.80 Å². The van der Waals surface area contributed by atoms with E-state index in [0.29, 0.717) is 12.4 Å². The van der Waals surface area contributed by atoms with Gasteiger partial charge in [0.05, 0.1) is 5.69 Å². The third-order valence-corrected chi connectivity index (χ3v) is 1.53. The Kier molecular flexibility index (Phi) is 1.80. The van der Waals surface area contributed by atoms with Crippen LogP contribution in [0.5, 0.6) is 0 Å². The minimum atomic E-state index is 0.474. The van der Waals surface area contributed by atoms with E-state index in [1.54, 1.807) is 6.92 Å². The Labute approximate surface area is 74.5 Å². The van der Waals surface area contributed by atoms with E-state index >= 15 is 0 Å². The molecule has 0 aliphatic carbocycles. The highest BCUT2D eigenvalue weighted by molar-refractivity contribution is 5.02. The first-order valence-electron chi connectivity index (χ1n) is 3.90. The van der Waals surface area contributed by atoms with Crippen molar-refractivity contribution in [3.8, 4) is 0 Å². The van der Waals surface area contributed by atoms with Crippen LogP contribution in [-0.4, -0.2) is 25.4 Å². The molecule has 0 saturated carbocycles. The summed E-state index contributed by atoms with van der Waals surface area (Å²) in [5.41, 5.74) is 0.854. The highest BCUT2D eigenvalue weighted by Crippen LogP contribution is 2.02. The molecule has 0 atom stereocenters. The third-order valence-electron chi connectivity index (χ3n) is 1.53. The molecule has 68 valence electrons. The molecule has 0 bridgehead atoms. The highest BCUT2D eigenvalue weighted by atomic mass is 16.5. The lowest BCUT2D eigenvalue weighted by atomic mass is 10.4. The fraction of sp³-hybridized carbons (Fsp3) is 0.429. The van der Waals surface area contributed by atoms with Crippen molar-refractivity contribution in [3.63, 3.8) is 0 Å². The van der Waals surface area contributed by atoms with E-state index in [0.717, 1.165) is 11.5 Å². The van der Waals surface area contributed by atoms with Crippen LogP contribution in [0, 0.1) is 13.8 Å². The largest absolute Gasteiger partial charge is 0.359 e. The summed E-state index contributed by atoms with van der Waals surface area (Å²) < 4.78 is 5.00. The monoisotopic (exact) mass is 179 g/mol. The molecule has 0 N–H and O–H groups in total. The SMILES string of the molecule is Cc1cc(Cn2nnc(C)n2)on1. The predicted octanol–water partition coefficient (Wildman–Crippen LogP) is 0.326. The number of aromatic nitrogens is 5. The average molecular weight is 179 g/mol. The van der Waals surface area contributed by atoms with Crippen molar-refractivity contribution in [2.24, 2.45) is 0 Å². The van der Waals surface area contributed by atoms with Crippen LogP contribution >= 0.6 is 0 Å². The molecule has 13 heavy (non-hydrogen) atoms. The van der Waals surface area contributed by atoms with E-state index in [2.05, 4.69) is 20.6 Å². The normalized spacial score (nSPS) is 10.6. The van der Waals surface area contributed by atoms with E-state index in [-0.39, 0.29) is 0 Å². The summed E-state index contributed by atoms with van der Waals surface area (Å²) in [5, 5.41) is 15.3. The van der Waals surface area contributed by atoms with E-state index in [4.69, 9.17) is 4.52 Å². The van der Waals surface area contributed by atoms with Crippen molar-refractivity contribution < 1.29 is 4.52 Å². The van der Waals surface area contributed by atoms with Crippen LogP contribution < -0.4 is 0 Å². The van der Waals surface area contributed by atoms with E-state index in [1.807, 2.05) is 13.0 Å². The molecule has 0 amide bonds. The zero-order chi connectivity index (χ0) is 9.26. The van der Waals surface area contributed by atoms with Gasteiger partial charge >= 0.3 is 0 Å². The minimum absolute atomic E-state index is 0.474. The van der Waals surface area contributed by atoms with Gasteiger partial charge in [0.2, 0.25) is 0 Å². The Morgan fingerprint density at radius 1 is 1.46 bits per heavy atom. The van der Waals surface area contributed by atoms with Crippen LogP contribution in [0.3, 0.4) is 0 Å². The molecule has 6 heteroatoms. The maximum atomic E-state index is 5.00. The molecule has 0 aliphatic rings. The van der Waals surface area contributed by atoms with E-state index in [1.165, 1.54) is 4.80 Å². The Balaban J connectivity index is 2.14. The van der Waals surface area contributed by atoms with Crippen LogP contribution in [0.4, 0.5) is 0 Å². The molecule has 0 spiro atoms. The number of hydrogen-bond acceptors (Lipinski definition) is 5. The van der Waals surface area contributed by atoms with Crippen molar-refractivity contribution in [3.05, 3.63) is 23.3 Å². The van der Waals surface area contributed by atoms with Crippen LogP contribution in [0.2, 0.25) is 0 Å². The first-order valence-corrected chi connectivity index (χ1v) is 3.90. The maximum Gasteiger partial charge on any atom is 0.171 e. The molecule has 2 aromatic rings. The van der Waals surface area contributed by atoms with E-state index < -0.39 is 0 Å². The molecular formula is C7H9N5O. The fourth-order valence-electron chi connectivity index (χ4n) is 1.02. The van der Waals surface area contributed by atoms with Gasteiger partial charge in [-0.05, 0) is 19.1 Å². The number of nitrogens with zero attached hydrogens (tertiary/aromatic N) is 5. The first kappa shape index (κ1) is 7.90. The molecular weight excluding hydrogens is 170 g/mol. The zero-order valence-electron chi connectivity index (χ0n) is 7.43. The van der Waals surface area contributed by atoms with Gasteiger partial charge in [0.15, 0.2) is 11.6 Å². The van der Waals surface area contributed by atoms with Gasteiger partial charge in [0.25, 0.3) is 0 Å². The van der Waals surface area contributed by atoms with Gasteiger partial charge in [-0.25, -0.2) is 0 Å². The molecule has 2 aromatic heterocycles. The van der Waals surface area contributed by atoms with Crippen LogP contribution in [0.15, 0.2) is 10.6 Å². The molecule has 6 nitrogen and oxygen atoms in total. The lowest BCUT2D eigenvalue weighted by Gasteiger charge is -1.90. The Morgan fingerprint density at radius 3 is 2.85 bits per heavy atom. The summed E-state index contributed by atoms with van der Waals surface area (Å²) in [6.45, 7) is 4.13. The lowest BCUT2D eigenvalue weighted by molar-refractivity contribution is 0.359. The number of aryl methyl sites for hydroxylation is 2. The van der Waals surface area contributed by atoms with E-state index in [9.17, 15) is 0 Å². The fourth-order valence-corrected chi connectivity index (χ4v) is 1.02. The second-order valence-electron chi connectivity index (χ2n) is 2.80. The number of tetrazole rings is 1. The average Bonchev–Trinajstić information content (AvgIpc) is 2.62. The Hall–Kier alpha value is -1.72. The molecule has 2 rings (SSSR count). The minimum Gasteiger partial charge on any atom is -0.359 e. The lowest BCUT2D eigenvalue weighted by Crippen LogP contribution is -2.02. The van der Waals surface area contributed by atoms with Gasteiger partial charge in [-0.15, -0.1) is 10.2 Å². The summed E-state index contributed by atoms with van der Waals surface area (Å²) in [6, 6.07) is 1.85. The topological polar surface area (TPSA) is 69.6 Å². The quantitative estimate of drug-likeness (QED) is 0.664. The van der Waals surface area contributed by atoms with Crippen molar-refractivity contribution in [2.45, 2.75) is 20.4 Å². The number of hydrogen-bond donors (Lipinski definition) is 0. The second kappa shape index (κ2) is 2.96.